The SMILES string of the molecule is CCOC(=O)NC1CC(O[C@H]2C[C@](O)(C(C)=O)Cc3c(O)c4c(c(O)c32)C(=O)c2c(OC)cccc2C4=O)OC(C)C1O. The van der Waals surface area contributed by atoms with Crippen LogP contribution in [0.5, 0.6) is 17.2 Å². The molecule has 2 aromatic carbocycles. The molecule has 0 spiro atoms. The van der Waals surface area contributed by atoms with E-state index in [1.165, 1.54) is 25.3 Å². The maximum absolute atomic E-state index is 13.8. The van der Waals surface area contributed by atoms with Gasteiger partial charge < -0.3 is 44.7 Å². The minimum absolute atomic E-state index is 0.0415. The Hall–Kier alpha value is -4.04. The summed E-state index contributed by atoms with van der Waals surface area (Å²) in [7, 11) is 1.33. The number of hydrogen-bond acceptors (Lipinski definition) is 12. The van der Waals surface area contributed by atoms with Crippen LogP contribution in [0.3, 0.4) is 0 Å². The van der Waals surface area contributed by atoms with E-state index in [0.29, 0.717) is 0 Å². The standard InChI is InChI=1S/C30H33NO12/c1-5-41-29(38)31-16-9-19(42-12(2)24(16)33)43-18-11-30(39,13(3)32)10-15-21(18)28(37)23-22(26(15)35)25(34)14-7-6-8-17(40-4)20(14)27(23)36/h6-8,12,16,18-19,24,33,35,37,39H,5,9-11H2,1-4H3,(H,31,38)/t12?,16?,18-,19?,24?,30-/m0/s1. The van der Waals surface area contributed by atoms with Crippen molar-refractivity contribution >= 4 is 23.4 Å². The van der Waals surface area contributed by atoms with Gasteiger partial charge in [-0.25, -0.2) is 4.79 Å². The van der Waals surface area contributed by atoms with Crippen LogP contribution in [0, 0.1) is 0 Å². The van der Waals surface area contributed by atoms with Gasteiger partial charge in [-0.3, -0.25) is 14.4 Å². The van der Waals surface area contributed by atoms with Crippen molar-refractivity contribution in [1.82, 2.24) is 5.32 Å². The summed E-state index contributed by atoms with van der Waals surface area (Å²) in [5.41, 5.74) is -3.35. The van der Waals surface area contributed by atoms with E-state index in [0.717, 1.165) is 6.92 Å². The first-order chi connectivity index (χ1) is 20.3. The van der Waals surface area contributed by atoms with Crippen molar-refractivity contribution in [3.8, 4) is 17.2 Å². The fourth-order valence-corrected chi connectivity index (χ4v) is 6.09. The predicted molar refractivity (Wildman–Crippen MR) is 146 cm³/mol. The number of aliphatic hydroxyl groups excluding tert-OH is 1. The largest absolute Gasteiger partial charge is 0.507 e. The molecule has 2 aromatic rings. The normalized spacial score (nSPS) is 27.9. The Balaban J connectivity index is 1.60. The van der Waals surface area contributed by atoms with Crippen LogP contribution in [0.25, 0.3) is 0 Å². The molecule has 1 heterocycles. The Morgan fingerprint density at radius 2 is 1.81 bits per heavy atom. The molecule has 1 saturated heterocycles. The maximum Gasteiger partial charge on any atom is 0.407 e. The summed E-state index contributed by atoms with van der Waals surface area (Å²) >= 11 is 0. The molecule has 5 N–H and O–H groups in total. The van der Waals surface area contributed by atoms with Crippen LogP contribution >= 0.6 is 0 Å². The maximum atomic E-state index is 13.8. The Morgan fingerprint density at radius 1 is 1.12 bits per heavy atom. The van der Waals surface area contributed by atoms with Gasteiger partial charge in [0.1, 0.15) is 29.0 Å². The Bertz CT molecular complexity index is 1520. The monoisotopic (exact) mass is 599 g/mol. The van der Waals surface area contributed by atoms with Crippen molar-refractivity contribution in [3.63, 3.8) is 0 Å². The number of aromatic hydroxyl groups is 2. The lowest BCUT2D eigenvalue weighted by Crippen LogP contribution is -2.55. The minimum Gasteiger partial charge on any atom is -0.507 e. The molecule has 3 aliphatic rings. The van der Waals surface area contributed by atoms with Crippen LogP contribution in [0.15, 0.2) is 18.2 Å². The first-order valence-corrected chi connectivity index (χ1v) is 13.9. The second-order valence-corrected chi connectivity index (χ2v) is 10.9. The number of hydrogen-bond donors (Lipinski definition) is 5. The number of ketones is 3. The van der Waals surface area contributed by atoms with Crippen molar-refractivity contribution in [2.45, 2.75) is 76.3 Å². The highest BCUT2D eigenvalue weighted by Crippen LogP contribution is 2.52. The third kappa shape index (κ3) is 5.01. The number of alkyl carbamates (subject to hydrolysis) is 1. The van der Waals surface area contributed by atoms with E-state index in [9.17, 15) is 39.6 Å². The lowest BCUT2D eigenvalue weighted by atomic mass is 9.72. The molecule has 2 aliphatic carbocycles. The molecule has 13 nitrogen and oxygen atoms in total. The molecule has 6 atom stereocenters. The third-order valence-electron chi connectivity index (χ3n) is 8.33. The molecule has 1 amide bonds. The molecule has 43 heavy (non-hydrogen) atoms. The number of benzene rings is 2. The fraction of sp³-hybridized carbons (Fsp3) is 0.467. The van der Waals surface area contributed by atoms with Crippen LogP contribution in [0.4, 0.5) is 4.79 Å². The number of amides is 1. The van der Waals surface area contributed by atoms with Gasteiger partial charge in [-0.1, -0.05) is 12.1 Å². The summed E-state index contributed by atoms with van der Waals surface area (Å²) in [4.78, 5) is 52.0. The third-order valence-corrected chi connectivity index (χ3v) is 8.33. The summed E-state index contributed by atoms with van der Waals surface area (Å²) < 4.78 is 22.2. The summed E-state index contributed by atoms with van der Waals surface area (Å²) in [6, 6.07) is 3.52. The molecule has 230 valence electrons. The summed E-state index contributed by atoms with van der Waals surface area (Å²) in [5, 5.41) is 47.5. The molecule has 1 aliphatic heterocycles. The number of nitrogens with one attached hydrogen (secondary N) is 1. The number of phenols is 2. The first kappa shape index (κ1) is 30.4. The van der Waals surface area contributed by atoms with E-state index < -0.39 is 95.2 Å². The van der Waals surface area contributed by atoms with Crippen LogP contribution < -0.4 is 10.1 Å². The molecular formula is C30H33NO12. The highest BCUT2D eigenvalue weighted by molar-refractivity contribution is 6.31. The Kier molecular flexibility index (Phi) is 7.94. The van der Waals surface area contributed by atoms with Gasteiger partial charge in [-0.05, 0) is 26.8 Å². The van der Waals surface area contributed by atoms with Gasteiger partial charge in [0.25, 0.3) is 0 Å². The van der Waals surface area contributed by atoms with E-state index in [1.807, 2.05) is 0 Å². The van der Waals surface area contributed by atoms with E-state index in [-0.39, 0.29) is 41.0 Å². The average Bonchev–Trinajstić information content (AvgIpc) is 2.95. The highest BCUT2D eigenvalue weighted by Gasteiger charge is 2.49. The fourth-order valence-electron chi connectivity index (χ4n) is 6.09. The highest BCUT2D eigenvalue weighted by atomic mass is 16.7. The van der Waals surface area contributed by atoms with Crippen molar-refractivity contribution in [1.29, 1.82) is 0 Å². The number of carbonyl (C=O) groups excluding carboxylic acids is 4. The second-order valence-electron chi connectivity index (χ2n) is 10.9. The summed E-state index contributed by atoms with van der Waals surface area (Å²) in [6.07, 6.45) is -6.15. The summed E-state index contributed by atoms with van der Waals surface area (Å²) in [6.45, 7) is 4.44. The molecule has 13 heteroatoms. The number of carbonyl (C=O) groups is 4. The molecule has 0 aromatic heterocycles. The van der Waals surface area contributed by atoms with Crippen LogP contribution in [-0.4, -0.2) is 87.7 Å². The van der Waals surface area contributed by atoms with E-state index in [2.05, 4.69) is 5.32 Å². The molecule has 0 bridgehead atoms. The van der Waals surface area contributed by atoms with Gasteiger partial charge in [0.05, 0.1) is 48.7 Å². The van der Waals surface area contributed by atoms with Gasteiger partial charge >= 0.3 is 6.09 Å². The zero-order valence-corrected chi connectivity index (χ0v) is 24.0. The first-order valence-electron chi connectivity index (χ1n) is 13.9. The zero-order valence-electron chi connectivity index (χ0n) is 24.0. The lowest BCUT2D eigenvalue weighted by Gasteiger charge is -2.42. The Morgan fingerprint density at radius 3 is 2.47 bits per heavy atom. The minimum atomic E-state index is -2.07. The number of rotatable bonds is 6. The van der Waals surface area contributed by atoms with Gasteiger partial charge in [0.15, 0.2) is 17.9 Å². The van der Waals surface area contributed by atoms with E-state index in [4.69, 9.17) is 18.9 Å². The number of aliphatic hydroxyl groups is 2. The molecule has 0 saturated carbocycles. The predicted octanol–water partition coefficient (Wildman–Crippen LogP) is 1.82. The number of methoxy groups -OCH3 is 1. The molecule has 0 radical (unpaired) electrons. The Labute approximate surface area is 246 Å². The van der Waals surface area contributed by atoms with Gasteiger partial charge in [-0.15, -0.1) is 0 Å². The topological polar surface area (TPSA) is 198 Å². The van der Waals surface area contributed by atoms with Crippen molar-refractivity contribution < 1.29 is 58.6 Å². The van der Waals surface area contributed by atoms with Gasteiger partial charge in [0, 0.05) is 36.0 Å². The lowest BCUT2D eigenvalue weighted by molar-refractivity contribution is -0.249. The van der Waals surface area contributed by atoms with E-state index in [1.54, 1.807) is 13.8 Å². The summed E-state index contributed by atoms with van der Waals surface area (Å²) in [5.74, 6) is -3.40. The molecular weight excluding hydrogens is 566 g/mol. The van der Waals surface area contributed by atoms with E-state index >= 15 is 0 Å². The van der Waals surface area contributed by atoms with Crippen molar-refractivity contribution in [2.75, 3.05) is 13.7 Å². The van der Waals surface area contributed by atoms with Crippen LogP contribution in [0.1, 0.15) is 82.7 Å². The smallest absolute Gasteiger partial charge is 0.407 e. The number of Topliss-reactive ketones (excluding diaryl/α,β-unsaturated/α-hetero) is 1. The average molecular weight is 600 g/mol. The van der Waals surface area contributed by atoms with Crippen molar-refractivity contribution in [3.05, 3.63) is 51.6 Å². The number of ether oxygens (including phenoxy) is 4. The second kappa shape index (κ2) is 11.2. The van der Waals surface area contributed by atoms with Crippen LogP contribution in [-0.2, 0) is 25.4 Å². The van der Waals surface area contributed by atoms with Crippen molar-refractivity contribution in [2.24, 2.45) is 0 Å². The zero-order chi connectivity index (χ0) is 31.4. The number of phenolic OH excluding ortho intramolecular Hbond substituents is 2. The van der Waals surface area contributed by atoms with Gasteiger partial charge in [-0.2, -0.15) is 0 Å². The molecule has 1 fully saturated rings. The molecule has 5 rings (SSSR count). The quantitative estimate of drug-likeness (QED) is 0.258. The van der Waals surface area contributed by atoms with Crippen LogP contribution in [0.2, 0.25) is 0 Å². The van der Waals surface area contributed by atoms with Gasteiger partial charge in [0.2, 0.25) is 5.78 Å². The molecule has 4 unspecified atom stereocenters. The number of fused-ring (bicyclic) bond motifs is 3.